The van der Waals surface area contributed by atoms with E-state index in [1.165, 1.54) is 5.56 Å². The van der Waals surface area contributed by atoms with Crippen molar-refractivity contribution in [2.75, 3.05) is 6.54 Å². The van der Waals surface area contributed by atoms with Crippen LogP contribution in [-0.2, 0) is 0 Å². The van der Waals surface area contributed by atoms with Gasteiger partial charge >= 0.3 is 6.08 Å². The Morgan fingerprint density at radius 1 is 1.00 bits per heavy atom. The van der Waals surface area contributed by atoms with Crippen LogP contribution in [0.4, 0.5) is 8.78 Å². The van der Waals surface area contributed by atoms with Gasteiger partial charge in [-0.25, -0.2) is 0 Å². The van der Waals surface area contributed by atoms with Crippen LogP contribution < -0.4 is 4.74 Å². The third-order valence-corrected chi connectivity index (χ3v) is 3.60. The molecular formula is C17H14F2N2O. The average molecular weight is 300 g/mol. The number of benzene rings is 2. The van der Waals surface area contributed by atoms with Crippen LogP contribution in [0.15, 0.2) is 77.2 Å². The number of azo groups is 1. The van der Waals surface area contributed by atoms with Gasteiger partial charge in [-0.05, 0) is 23.3 Å². The second-order valence-corrected chi connectivity index (χ2v) is 5.00. The molecule has 0 fully saturated rings. The Labute approximate surface area is 127 Å². The molecule has 3 nitrogen and oxygen atoms in total. The van der Waals surface area contributed by atoms with Gasteiger partial charge in [0.1, 0.15) is 11.8 Å². The molecule has 3 rings (SSSR count). The third-order valence-electron chi connectivity index (χ3n) is 3.60. The highest BCUT2D eigenvalue weighted by Gasteiger charge is 2.28. The van der Waals surface area contributed by atoms with Crippen LogP contribution in [0.3, 0.4) is 0 Å². The number of rotatable bonds is 4. The van der Waals surface area contributed by atoms with Gasteiger partial charge in [0.25, 0.3) is 0 Å². The first kappa shape index (κ1) is 14.4. The van der Waals surface area contributed by atoms with Crippen molar-refractivity contribution in [2.24, 2.45) is 10.2 Å². The van der Waals surface area contributed by atoms with Crippen LogP contribution in [0.1, 0.15) is 23.1 Å². The van der Waals surface area contributed by atoms with E-state index in [0.29, 0.717) is 18.6 Å². The Morgan fingerprint density at radius 3 is 2.41 bits per heavy atom. The van der Waals surface area contributed by atoms with Crippen molar-refractivity contribution in [3.8, 4) is 5.75 Å². The minimum absolute atomic E-state index is 0.0510. The summed E-state index contributed by atoms with van der Waals surface area (Å²) in [5, 5.41) is 8.49. The summed E-state index contributed by atoms with van der Waals surface area (Å²) in [5.41, 5.74) is 2.19. The smallest absolute Gasteiger partial charge is 0.305 e. The van der Waals surface area contributed by atoms with Crippen LogP contribution in [0, 0.1) is 0 Å². The van der Waals surface area contributed by atoms with E-state index in [9.17, 15) is 8.78 Å². The molecule has 1 aliphatic heterocycles. The first-order chi connectivity index (χ1) is 10.7. The highest BCUT2D eigenvalue weighted by molar-refractivity contribution is 5.34. The van der Waals surface area contributed by atoms with Crippen molar-refractivity contribution >= 4 is 0 Å². The van der Waals surface area contributed by atoms with Gasteiger partial charge in [-0.2, -0.15) is 19.0 Å². The van der Waals surface area contributed by atoms with Gasteiger partial charge in [-0.3, -0.25) is 0 Å². The normalized spacial score (nSPS) is 19.9. The van der Waals surface area contributed by atoms with E-state index in [0.717, 1.165) is 5.56 Å². The highest BCUT2D eigenvalue weighted by atomic mass is 19.3. The molecule has 0 bridgehead atoms. The molecule has 0 N–H and O–H groups in total. The van der Waals surface area contributed by atoms with Gasteiger partial charge in [-0.1, -0.05) is 42.5 Å². The Hall–Kier alpha value is -2.56. The Kier molecular flexibility index (Phi) is 4.23. The fourth-order valence-electron chi connectivity index (χ4n) is 2.55. The maximum atomic E-state index is 12.0. The summed E-state index contributed by atoms with van der Waals surface area (Å²) >= 11 is 0. The van der Waals surface area contributed by atoms with Gasteiger partial charge in [0, 0.05) is 5.92 Å². The molecule has 0 saturated heterocycles. The summed E-state index contributed by atoms with van der Waals surface area (Å²) in [7, 11) is 0. The Morgan fingerprint density at radius 2 is 1.73 bits per heavy atom. The van der Waals surface area contributed by atoms with Crippen molar-refractivity contribution in [3.05, 3.63) is 78.1 Å². The molecule has 0 aliphatic carbocycles. The van der Waals surface area contributed by atoms with Crippen LogP contribution >= 0.6 is 0 Å². The van der Waals surface area contributed by atoms with Crippen molar-refractivity contribution in [1.82, 2.24) is 0 Å². The number of hydrogen-bond acceptors (Lipinski definition) is 3. The van der Waals surface area contributed by atoms with Gasteiger partial charge in [-0.15, -0.1) is 0 Å². The lowest BCUT2D eigenvalue weighted by molar-refractivity contribution is 0.365. The molecule has 2 atom stereocenters. The molecule has 112 valence electrons. The Balaban J connectivity index is 1.78. The zero-order chi connectivity index (χ0) is 15.4. The van der Waals surface area contributed by atoms with Crippen molar-refractivity contribution in [1.29, 1.82) is 0 Å². The highest BCUT2D eigenvalue weighted by Crippen LogP contribution is 2.39. The fraction of sp³-hybridized carbons (Fsp3) is 0.176. The molecular weight excluding hydrogens is 286 g/mol. The van der Waals surface area contributed by atoms with E-state index in [1.54, 1.807) is 12.1 Å². The van der Waals surface area contributed by atoms with E-state index < -0.39 is 6.08 Å². The lowest BCUT2D eigenvalue weighted by Crippen LogP contribution is -2.07. The summed E-state index contributed by atoms with van der Waals surface area (Å²) in [4.78, 5) is 0. The van der Waals surface area contributed by atoms with Crippen molar-refractivity contribution < 1.29 is 13.5 Å². The molecule has 0 spiro atoms. The lowest BCUT2D eigenvalue weighted by Gasteiger charge is -2.17. The number of nitrogens with zero attached hydrogens (tertiary/aromatic N) is 2. The zero-order valence-electron chi connectivity index (χ0n) is 11.7. The van der Waals surface area contributed by atoms with Crippen LogP contribution in [-0.4, -0.2) is 6.54 Å². The van der Waals surface area contributed by atoms with Crippen LogP contribution in [0.25, 0.3) is 0 Å². The summed E-state index contributed by atoms with van der Waals surface area (Å²) in [6.45, 7) is 0.655. The lowest BCUT2D eigenvalue weighted by atomic mass is 9.88. The molecule has 1 heterocycles. The molecule has 1 aliphatic rings. The minimum Gasteiger partial charge on any atom is -0.459 e. The average Bonchev–Trinajstić information content (AvgIpc) is 3.04. The summed E-state index contributed by atoms with van der Waals surface area (Å²) in [6.07, 6.45) is -1.44. The number of halogens is 2. The zero-order valence-corrected chi connectivity index (χ0v) is 11.7. The monoisotopic (exact) mass is 300 g/mol. The molecule has 0 radical (unpaired) electrons. The van der Waals surface area contributed by atoms with E-state index >= 15 is 0 Å². The quantitative estimate of drug-likeness (QED) is 0.724. The molecule has 0 amide bonds. The predicted molar refractivity (Wildman–Crippen MR) is 79.0 cm³/mol. The summed E-state index contributed by atoms with van der Waals surface area (Å²) in [6, 6.07) is 17.1. The summed E-state index contributed by atoms with van der Waals surface area (Å²) < 4.78 is 28.8. The molecule has 0 aromatic heterocycles. The van der Waals surface area contributed by atoms with E-state index in [4.69, 9.17) is 4.74 Å². The number of ether oxygens (including phenoxy) is 1. The van der Waals surface area contributed by atoms with Gasteiger partial charge < -0.3 is 4.74 Å². The molecule has 5 heteroatoms. The molecule has 2 unspecified atom stereocenters. The second kappa shape index (κ2) is 6.47. The van der Waals surface area contributed by atoms with E-state index in [2.05, 4.69) is 22.4 Å². The Bertz CT molecular complexity index is 680. The maximum Gasteiger partial charge on any atom is 0.305 e. The van der Waals surface area contributed by atoms with Gasteiger partial charge in [0.05, 0.1) is 6.54 Å². The predicted octanol–water partition coefficient (Wildman–Crippen LogP) is 5.09. The van der Waals surface area contributed by atoms with Crippen molar-refractivity contribution in [3.63, 3.8) is 0 Å². The molecule has 22 heavy (non-hydrogen) atoms. The maximum absolute atomic E-state index is 12.0. The third kappa shape index (κ3) is 3.19. The van der Waals surface area contributed by atoms with Gasteiger partial charge in [0.2, 0.25) is 0 Å². The second-order valence-electron chi connectivity index (χ2n) is 5.00. The molecule has 2 aromatic rings. The number of hydrogen-bond donors (Lipinski definition) is 0. The van der Waals surface area contributed by atoms with E-state index in [-0.39, 0.29) is 12.0 Å². The van der Waals surface area contributed by atoms with E-state index in [1.807, 2.05) is 30.3 Å². The van der Waals surface area contributed by atoms with Gasteiger partial charge in [0.15, 0.2) is 6.26 Å². The SMILES string of the molecule is FC(F)=COc1ccc(C2N=NCC2c2ccccc2)cc1. The minimum atomic E-state index is -1.86. The van der Waals surface area contributed by atoms with Crippen LogP contribution in [0.2, 0.25) is 0 Å². The molecule has 2 aromatic carbocycles. The van der Waals surface area contributed by atoms with Crippen molar-refractivity contribution in [2.45, 2.75) is 12.0 Å². The largest absolute Gasteiger partial charge is 0.459 e. The molecule has 0 saturated carbocycles. The standard InChI is InChI=1S/C17H14F2N2O/c18-16(19)11-22-14-8-6-13(7-9-14)17-15(10-20-21-17)12-4-2-1-3-5-12/h1-9,11,15,17H,10H2. The first-order valence-corrected chi connectivity index (χ1v) is 6.93. The van der Waals surface area contributed by atoms with Crippen LogP contribution in [0.5, 0.6) is 5.75 Å². The summed E-state index contributed by atoms with van der Waals surface area (Å²) in [5.74, 6) is 0.568. The topological polar surface area (TPSA) is 34.0 Å². The fourth-order valence-corrected chi connectivity index (χ4v) is 2.55. The first-order valence-electron chi connectivity index (χ1n) is 6.93.